The average Bonchev–Trinajstić information content (AvgIpc) is 3.24. The number of carbonyl (C=O) groups is 1. The molecule has 2 aliphatic rings. The summed E-state index contributed by atoms with van der Waals surface area (Å²) in [5.41, 5.74) is 0.400. The number of fused-ring (bicyclic) bond motifs is 3. The normalized spacial score (nSPS) is 18.7. The van der Waals surface area contributed by atoms with E-state index in [2.05, 4.69) is 11.1 Å². The van der Waals surface area contributed by atoms with Crippen molar-refractivity contribution < 1.29 is 9.53 Å². The number of hydrogen-bond donors (Lipinski definition) is 0. The molecule has 0 radical (unpaired) electrons. The molecule has 130 valence electrons. The minimum Gasteiger partial charge on any atom is -0.458 e. The molecule has 0 amide bonds. The van der Waals surface area contributed by atoms with Crippen LogP contribution in [0.5, 0.6) is 0 Å². The first kappa shape index (κ1) is 16.3. The first-order chi connectivity index (χ1) is 12.1. The highest BCUT2D eigenvalue weighted by atomic mass is 32.1. The molecular formula is C18H19N3O3S. The van der Waals surface area contributed by atoms with Crippen molar-refractivity contribution in [1.29, 1.82) is 5.26 Å². The number of ether oxygens (including phenoxy) is 1. The summed E-state index contributed by atoms with van der Waals surface area (Å²) in [6.45, 7) is -0.0590. The van der Waals surface area contributed by atoms with Crippen molar-refractivity contribution in [1.82, 2.24) is 9.38 Å². The molecule has 0 unspecified atom stereocenters. The molecule has 2 aromatic heterocycles. The predicted octanol–water partition coefficient (Wildman–Crippen LogP) is 2.76. The molecule has 0 saturated heterocycles. The van der Waals surface area contributed by atoms with Gasteiger partial charge in [0.05, 0.1) is 11.8 Å². The lowest BCUT2D eigenvalue weighted by Crippen LogP contribution is -2.28. The maximum atomic E-state index is 12.5. The molecule has 2 aromatic rings. The number of carbonyl (C=O) groups excluding carboxylic acids is 1. The minimum absolute atomic E-state index is 0.0590. The number of aryl methyl sites for hydroxylation is 2. The van der Waals surface area contributed by atoms with Crippen molar-refractivity contribution in [3.8, 4) is 6.07 Å². The Kier molecular flexibility index (Phi) is 4.08. The van der Waals surface area contributed by atoms with Gasteiger partial charge in [0.25, 0.3) is 5.56 Å². The van der Waals surface area contributed by atoms with Crippen molar-refractivity contribution in [2.75, 3.05) is 0 Å². The molecular weight excluding hydrogens is 338 g/mol. The van der Waals surface area contributed by atoms with E-state index >= 15 is 0 Å². The zero-order valence-electron chi connectivity index (χ0n) is 13.9. The fourth-order valence-corrected chi connectivity index (χ4v) is 5.07. The third kappa shape index (κ3) is 2.74. The summed E-state index contributed by atoms with van der Waals surface area (Å²) >= 11 is 1.55. The fraction of sp³-hybridized carbons (Fsp3) is 0.556. The number of aromatic nitrogens is 2. The summed E-state index contributed by atoms with van der Waals surface area (Å²) in [5, 5.41) is 9.34. The Balaban J connectivity index is 1.57. The number of hydrogen-bond acceptors (Lipinski definition) is 6. The largest absolute Gasteiger partial charge is 0.458 e. The van der Waals surface area contributed by atoms with Crippen LogP contribution >= 0.6 is 11.3 Å². The van der Waals surface area contributed by atoms with Gasteiger partial charge in [-0.15, -0.1) is 11.3 Å². The molecule has 0 atom stereocenters. The van der Waals surface area contributed by atoms with Crippen molar-refractivity contribution in [2.24, 2.45) is 5.41 Å². The van der Waals surface area contributed by atoms with E-state index < -0.39 is 11.4 Å². The fourth-order valence-electron chi connectivity index (χ4n) is 3.83. The molecule has 6 nitrogen and oxygen atoms in total. The molecule has 1 fully saturated rings. The van der Waals surface area contributed by atoms with Crippen LogP contribution in [-0.2, 0) is 29.0 Å². The summed E-state index contributed by atoms with van der Waals surface area (Å²) in [6.07, 6.45) is 7.00. The molecule has 2 heterocycles. The first-order valence-corrected chi connectivity index (χ1v) is 9.56. The van der Waals surface area contributed by atoms with Crippen LogP contribution < -0.4 is 5.56 Å². The van der Waals surface area contributed by atoms with Crippen LogP contribution in [-0.4, -0.2) is 15.4 Å². The van der Waals surface area contributed by atoms with Gasteiger partial charge in [-0.25, -0.2) is 4.98 Å². The van der Waals surface area contributed by atoms with Gasteiger partial charge in [-0.2, -0.15) is 5.26 Å². The molecule has 4 rings (SSSR count). The lowest BCUT2D eigenvalue weighted by molar-refractivity contribution is -0.153. The summed E-state index contributed by atoms with van der Waals surface area (Å²) in [6, 6.07) is 3.57. The number of nitriles is 1. The molecule has 7 heteroatoms. The van der Waals surface area contributed by atoms with Gasteiger partial charge in [-0.3, -0.25) is 14.0 Å². The van der Waals surface area contributed by atoms with Crippen LogP contribution in [0.1, 0.15) is 54.8 Å². The Bertz CT molecular complexity index is 931. The van der Waals surface area contributed by atoms with E-state index in [9.17, 15) is 14.9 Å². The van der Waals surface area contributed by atoms with Crippen molar-refractivity contribution in [3.05, 3.63) is 32.7 Å². The highest BCUT2D eigenvalue weighted by Gasteiger charge is 2.43. The summed E-state index contributed by atoms with van der Waals surface area (Å²) in [7, 11) is 0. The van der Waals surface area contributed by atoms with Gasteiger partial charge in [0.2, 0.25) is 0 Å². The summed E-state index contributed by atoms with van der Waals surface area (Å²) < 4.78 is 7.04. The van der Waals surface area contributed by atoms with Crippen molar-refractivity contribution in [2.45, 2.75) is 58.0 Å². The van der Waals surface area contributed by atoms with Crippen LogP contribution in [0.15, 0.2) is 10.9 Å². The van der Waals surface area contributed by atoms with Crippen LogP contribution in [0, 0.1) is 16.7 Å². The second kappa shape index (κ2) is 6.26. The lowest BCUT2D eigenvalue weighted by atomic mass is 9.88. The van der Waals surface area contributed by atoms with Gasteiger partial charge in [-0.1, -0.05) is 12.8 Å². The third-order valence-corrected chi connectivity index (χ3v) is 6.37. The number of esters is 1. The second-order valence-electron chi connectivity index (χ2n) is 6.86. The zero-order valence-corrected chi connectivity index (χ0v) is 14.7. The van der Waals surface area contributed by atoms with E-state index in [1.165, 1.54) is 10.9 Å². The van der Waals surface area contributed by atoms with Crippen molar-refractivity contribution in [3.63, 3.8) is 0 Å². The molecule has 1 saturated carbocycles. The Morgan fingerprint density at radius 3 is 2.84 bits per heavy atom. The maximum absolute atomic E-state index is 12.5. The van der Waals surface area contributed by atoms with E-state index in [-0.39, 0.29) is 12.2 Å². The number of rotatable bonds is 3. The average molecular weight is 357 g/mol. The van der Waals surface area contributed by atoms with E-state index in [4.69, 9.17) is 4.74 Å². The topological polar surface area (TPSA) is 84.5 Å². The SMILES string of the molecule is N#CC1(C(=O)OCc2cc(=O)n3c4c(sc3n2)CCCC4)CCCC1. The summed E-state index contributed by atoms with van der Waals surface area (Å²) in [4.78, 5) is 31.2. The molecule has 2 aliphatic carbocycles. The van der Waals surface area contributed by atoms with Crippen LogP contribution in [0.25, 0.3) is 4.96 Å². The molecule has 0 N–H and O–H groups in total. The van der Waals surface area contributed by atoms with Crippen LogP contribution in [0.3, 0.4) is 0 Å². The quantitative estimate of drug-likeness (QED) is 0.789. The molecule has 25 heavy (non-hydrogen) atoms. The van der Waals surface area contributed by atoms with E-state index in [0.29, 0.717) is 23.5 Å². The zero-order chi connectivity index (χ0) is 17.4. The molecule has 0 aliphatic heterocycles. The van der Waals surface area contributed by atoms with Gasteiger partial charge in [0.15, 0.2) is 10.4 Å². The molecule has 0 spiro atoms. The standard InChI is InChI=1S/C18H19N3O3S/c19-11-18(7-3-4-8-18)16(23)24-10-12-9-15(22)21-13-5-1-2-6-14(13)25-17(21)20-12/h9H,1-8,10H2. The van der Waals surface area contributed by atoms with Crippen molar-refractivity contribution >= 4 is 22.3 Å². The third-order valence-electron chi connectivity index (χ3n) is 5.23. The Labute approximate surface area is 149 Å². The van der Waals surface area contributed by atoms with E-state index in [1.807, 2.05) is 0 Å². The van der Waals surface area contributed by atoms with Gasteiger partial charge in [0.1, 0.15) is 6.61 Å². The predicted molar refractivity (Wildman–Crippen MR) is 92.3 cm³/mol. The van der Waals surface area contributed by atoms with Crippen LogP contribution in [0.2, 0.25) is 0 Å². The van der Waals surface area contributed by atoms with Gasteiger partial charge >= 0.3 is 5.97 Å². The smallest absolute Gasteiger partial charge is 0.326 e. The molecule has 0 aromatic carbocycles. The maximum Gasteiger partial charge on any atom is 0.326 e. The first-order valence-electron chi connectivity index (χ1n) is 8.75. The van der Waals surface area contributed by atoms with Gasteiger partial charge in [-0.05, 0) is 38.5 Å². The number of nitrogens with zero attached hydrogens (tertiary/aromatic N) is 3. The Hall–Kier alpha value is -2.20. The highest BCUT2D eigenvalue weighted by Crippen LogP contribution is 2.38. The highest BCUT2D eigenvalue weighted by molar-refractivity contribution is 7.17. The van der Waals surface area contributed by atoms with E-state index in [0.717, 1.165) is 44.2 Å². The van der Waals surface area contributed by atoms with E-state index in [1.54, 1.807) is 15.7 Å². The van der Waals surface area contributed by atoms with Crippen LogP contribution in [0.4, 0.5) is 0 Å². The monoisotopic (exact) mass is 357 g/mol. The molecule has 0 bridgehead atoms. The number of thiazole rings is 1. The summed E-state index contributed by atoms with van der Waals surface area (Å²) in [5.74, 6) is -0.486. The lowest BCUT2D eigenvalue weighted by Gasteiger charge is -2.17. The minimum atomic E-state index is -1.01. The Morgan fingerprint density at radius 1 is 1.32 bits per heavy atom. The van der Waals surface area contributed by atoms with Gasteiger partial charge in [0, 0.05) is 16.6 Å². The van der Waals surface area contributed by atoms with Gasteiger partial charge < -0.3 is 4.74 Å². The Morgan fingerprint density at radius 2 is 2.08 bits per heavy atom. The second-order valence-corrected chi connectivity index (χ2v) is 7.92.